The first-order valence-corrected chi connectivity index (χ1v) is 11.3. The zero-order valence-corrected chi connectivity index (χ0v) is 19.2. The summed E-state index contributed by atoms with van der Waals surface area (Å²) < 4.78 is 21.7. The number of anilines is 3. The first-order valence-electron chi connectivity index (χ1n) is 11.3. The van der Waals surface area contributed by atoms with Crippen molar-refractivity contribution in [3.8, 4) is 11.4 Å². The quantitative estimate of drug-likeness (QED) is 0.385. The third kappa shape index (κ3) is 4.99. The number of fused-ring (bicyclic) bond motifs is 1. The Morgan fingerprint density at radius 2 is 2.11 bits per heavy atom. The molecule has 2 N–H and O–H groups in total. The summed E-state index contributed by atoms with van der Waals surface area (Å²) in [5.41, 5.74) is 3.38. The fraction of sp³-hybridized carbons (Fsp3) is 0.192. The molecule has 5 rings (SSSR count). The molecule has 178 valence electrons. The van der Waals surface area contributed by atoms with Crippen LogP contribution in [-0.4, -0.2) is 51.6 Å². The maximum absolute atomic E-state index is 13.8. The van der Waals surface area contributed by atoms with E-state index in [2.05, 4.69) is 39.1 Å². The summed E-state index contributed by atoms with van der Waals surface area (Å²) in [7, 11) is 2.06. The van der Waals surface area contributed by atoms with Gasteiger partial charge in [-0.1, -0.05) is 12.6 Å². The Morgan fingerprint density at radius 3 is 2.89 bits per heavy atom. The van der Waals surface area contributed by atoms with Crippen molar-refractivity contribution in [2.45, 2.75) is 12.5 Å². The lowest BCUT2D eigenvalue weighted by atomic mass is 10.2. The van der Waals surface area contributed by atoms with Gasteiger partial charge in [0.2, 0.25) is 5.91 Å². The van der Waals surface area contributed by atoms with Crippen LogP contribution < -0.4 is 15.4 Å². The fourth-order valence-corrected chi connectivity index (χ4v) is 4.12. The van der Waals surface area contributed by atoms with E-state index in [1.807, 2.05) is 24.3 Å². The normalized spacial score (nSPS) is 15.8. The largest absolute Gasteiger partial charge is 0.487 e. The molecule has 1 atom stereocenters. The van der Waals surface area contributed by atoms with Crippen molar-refractivity contribution >= 4 is 34.1 Å². The molecule has 0 bridgehead atoms. The highest BCUT2D eigenvalue weighted by Crippen LogP contribution is 2.32. The molecule has 35 heavy (non-hydrogen) atoms. The molecule has 9 heteroatoms. The van der Waals surface area contributed by atoms with Gasteiger partial charge in [-0.25, -0.2) is 14.4 Å². The van der Waals surface area contributed by atoms with Crippen molar-refractivity contribution < 1.29 is 13.9 Å². The number of nitrogens with zero attached hydrogens (tertiary/aromatic N) is 4. The second-order valence-corrected chi connectivity index (χ2v) is 8.47. The molecule has 4 aromatic rings. The van der Waals surface area contributed by atoms with E-state index in [0.29, 0.717) is 34.1 Å². The van der Waals surface area contributed by atoms with Crippen molar-refractivity contribution in [3.63, 3.8) is 0 Å². The Kier molecular flexibility index (Phi) is 6.15. The molecule has 2 aromatic carbocycles. The molecule has 0 saturated carbocycles. The molecule has 2 aromatic heterocycles. The Bertz CT molecular complexity index is 1400. The van der Waals surface area contributed by atoms with Crippen LogP contribution >= 0.6 is 0 Å². The number of aromatic nitrogens is 3. The molecule has 0 radical (unpaired) electrons. The van der Waals surface area contributed by atoms with E-state index in [4.69, 9.17) is 4.74 Å². The number of ether oxygens (including phenoxy) is 1. The van der Waals surface area contributed by atoms with E-state index in [-0.39, 0.29) is 17.8 Å². The van der Waals surface area contributed by atoms with E-state index < -0.39 is 0 Å². The van der Waals surface area contributed by atoms with Gasteiger partial charge in [-0.05, 0) is 55.9 Å². The number of likely N-dealkylation sites (N-methyl/N-ethyl adjacent to an activating group) is 1. The second kappa shape index (κ2) is 9.55. The summed E-state index contributed by atoms with van der Waals surface area (Å²) in [4.78, 5) is 23.1. The van der Waals surface area contributed by atoms with E-state index >= 15 is 0 Å². The van der Waals surface area contributed by atoms with E-state index in [1.165, 1.54) is 18.2 Å². The Labute approximate surface area is 202 Å². The molecule has 1 amide bonds. The fourth-order valence-electron chi connectivity index (χ4n) is 4.12. The third-order valence-electron chi connectivity index (χ3n) is 5.86. The summed E-state index contributed by atoms with van der Waals surface area (Å²) >= 11 is 0. The average Bonchev–Trinajstić information content (AvgIpc) is 3.46. The minimum atomic E-state index is -0.325. The van der Waals surface area contributed by atoms with E-state index in [9.17, 15) is 9.18 Å². The molecule has 1 unspecified atom stereocenters. The number of likely N-dealkylation sites (tertiary alicyclic amines) is 1. The van der Waals surface area contributed by atoms with Crippen molar-refractivity contribution in [2.24, 2.45) is 0 Å². The zero-order valence-electron chi connectivity index (χ0n) is 19.2. The van der Waals surface area contributed by atoms with Crippen LogP contribution in [0.5, 0.6) is 5.75 Å². The maximum atomic E-state index is 13.8. The van der Waals surface area contributed by atoms with E-state index in [1.54, 1.807) is 29.2 Å². The Morgan fingerprint density at radius 1 is 1.23 bits per heavy atom. The van der Waals surface area contributed by atoms with Gasteiger partial charge in [0.25, 0.3) is 0 Å². The first-order chi connectivity index (χ1) is 17.0. The van der Waals surface area contributed by atoms with Crippen LogP contribution in [0.25, 0.3) is 16.7 Å². The van der Waals surface area contributed by atoms with Gasteiger partial charge in [0.05, 0.1) is 23.1 Å². The SMILES string of the molecule is C=CC(=O)Nc1cc(Nc2cc3c(cn2)ncn3-c2cccc(F)c2)ccc1OC1CCN(C)C1. The highest BCUT2D eigenvalue weighted by molar-refractivity contribution is 6.00. The molecule has 3 heterocycles. The highest BCUT2D eigenvalue weighted by atomic mass is 19.1. The lowest BCUT2D eigenvalue weighted by Crippen LogP contribution is -2.22. The van der Waals surface area contributed by atoms with Crippen LogP contribution in [0, 0.1) is 5.82 Å². The van der Waals surface area contributed by atoms with Crippen LogP contribution in [0.2, 0.25) is 0 Å². The van der Waals surface area contributed by atoms with Gasteiger partial charge in [0.1, 0.15) is 35.3 Å². The van der Waals surface area contributed by atoms with Crippen LogP contribution in [0.3, 0.4) is 0 Å². The number of amides is 1. The minimum Gasteiger partial charge on any atom is -0.487 e. The summed E-state index contributed by atoms with van der Waals surface area (Å²) in [5, 5.41) is 6.10. The summed E-state index contributed by atoms with van der Waals surface area (Å²) in [6, 6.07) is 13.7. The standard InChI is InChI=1S/C26H25FN6O2/c1-3-26(34)31-21-12-18(7-8-24(21)35-20-9-10-32(2)15-20)30-25-13-23-22(14-28-25)29-16-33(23)19-6-4-5-17(27)11-19/h3-8,11-14,16,20H,1,9-10,15H2,2H3,(H,28,30)(H,31,34). The highest BCUT2D eigenvalue weighted by Gasteiger charge is 2.22. The minimum absolute atomic E-state index is 0.0605. The number of benzene rings is 2. The Balaban J connectivity index is 1.43. The van der Waals surface area contributed by atoms with Crippen LogP contribution in [0.4, 0.5) is 21.6 Å². The number of carbonyl (C=O) groups excluding carboxylic acids is 1. The van der Waals surface area contributed by atoms with Gasteiger partial charge in [0, 0.05) is 24.8 Å². The van der Waals surface area contributed by atoms with Gasteiger partial charge in [0.15, 0.2) is 0 Å². The smallest absolute Gasteiger partial charge is 0.247 e. The first kappa shape index (κ1) is 22.5. The predicted molar refractivity (Wildman–Crippen MR) is 134 cm³/mol. The molecular weight excluding hydrogens is 447 g/mol. The summed E-state index contributed by atoms with van der Waals surface area (Å²) in [6.07, 6.45) is 5.50. The van der Waals surface area contributed by atoms with E-state index in [0.717, 1.165) is 25.0 Å². The lowest BCUT2D eigenvalue weighted by molar-refractivity contribution is -0.111. The number of pyridine rings is 1. The van der Waals surface area contributed by atoms with Crippen molar-refractivity contribution in [1.82, 2.24) is 19.4 Å². The molecule has 1 aliphatic rings. The van der Waals surface area contributed by atoms with Gasteiger partial charge in [-0.3, -0.25) is 9.36 Å². The number of carbonyl (C=O) groups is 1. The molecule has 8 nitrogen and oxygen atoms in total. The molecule has 0 aliphatic carbocycles. The number of hydrogen-bond acceptors (Lipinski definition) is 6. The number of imidazole rings is 1. The van der Waals surface area contributed by atoms with Crippen molar-refractivity contribution in [2.75, 3.05) is 30.8 Å². The van der Waals surface area contributed by atoms with Crippen LogP contribution in [-0.2, 0) is 4.79 Å². The lowest BCUT2D eigenvalue weighted by Gasteiger charge is -2.18. The number of rotatable bonds is 7. The number of halogens is 1. The molecule has 1 fully saturated rings. The zero-order chi connectivity index (χ0) is 24.4. The third-order valence-corrected chi connectivity index (χ3v) is 5.86. The van der Waals surface area contributed by atoms with Gasteiger partial charge in [-0.2, -0.15) is 0 Å². The maximum Gasteiger partial charge on any atom is 0.247 e. The second-order valence-electron chi connectivity index (χ2n) is 8.47. The van der Waals surface area contributed by atoms with Crippen molar-refractivity contribution in [3.05, 3.63) is 79.5 Å². The predicted octanol–water partition coefficient (Wildman–Crippen LogP) is 4.51. The average molecular weight is 473 g/mol. The van der Waals surface area contributed by atoms with Crippen LogP contribution in [0.15, 0.2) is 73.7 Å². The monoisotopic (exact) mass is 472 g/mol. The number of hydrogen-bond donors (Lipinski definition) is 2. The molecule has 1 saturated heterocycles. The number of nitrogens with one attached hydrogen (secondary N) is 2. The van der Waals surface area contributed by atoms with Gasteiger partial charge in [-0.15, -0.1) is 0 Å². The Hall–Kier alpha value is -4.24. The topological polar surface area (TPSA) is 84.3 Å². The summed E-state index contributed by atoms with van der Waals surface area (Å²) in [5.74, 6) is 0.521. The molecule has 0 spiro atoms. The van der Waals surface area contributed by atoms with Crippen molar-refractivity contribution in [1.29, 1.82) is 0 Å². The molecule has 1 aliphatic heterocycles. The van der Waals surface area contributed by atoms with Crippen LogP contribution in [0.1, 0.15) is 6.42 Å². The molecular formula is C26H25FN6O2. The summed E-state index contributed by atoms with van der Waals surface area (Å²) in [6.45, 7) is 5.34. The van der Waals surface area contributed by atoms with Gasteiger partial charge < -0.3 is 20.3 Å². The van der Waals surface area contributed by atoms with Gasteiger partial charge >= 0.3 is 0 Å².